The number of benzene rings is 1. The molecule has 0 atom stereocenters. The van der Waals surface area contributed by atoms with Crippen LogP contribution < -0.4 is 4.74 Å². The SMILES string of the molecule is COc1cc(N=CN(C)C)c(Cl)cc1O. The maximum atomic E-state index is 9.42. The minimum Gasteiger partial charge on any atom is -0.504 e. The third kappa shape index (κ3) is 3.02. The van der Waals surface area contributed by atoms with E-state index < -0.39 is 0 Å². The molecule has 0 saturated heterocycles. The van der Waals surface area contributed by atoms with Gasteiger partial charge in [-0.05, 0) is 0 Å². The lowest BCUT2D eigenvalue weighted by Crippen LogP contribution is -2.06. The third-order valence-electron chi connectivity index (χ3n) is 1.68. The number of halogens is 1. The number of phenolic OH excluding ortho intramolecular Hbond substituents is 1. The quantitative estimate of drug-likeness (QED) is 0.638. The second-order valence-corrected chi connectivity index (χ2v) is 3.59. The van der Waals surface area contributed by atoms with Crippen LogP contribution in [0.4, 0.5) is 5.69 Å². The number of aromatic hydroxyl groups is 1. The van der Waals surface area contributed by atoms with E-state index in [1.807, 2.05) is 14.1 Å². The van der Waals surface area contributed by atoms with Crippen LogP contribution in [0.3, 0.4) is 0 Å². The molecule has 0 aliphatic rings. The third-order valence-corrected chi connectivity index (χ3v) is 1.98. The van der Waals surface area contributed by atoms with Crippen molar-refractivity contribution in [3.63, 3.8) is 0 Å². The molecular formula is C10H13ClN2O2. The van der Waals surface area contributed by atoms with Crippen molar-refractivity contribution >= 4 is 23.6 Å². The fourth-order valence-corrected chi connectivity index (χ4v) is 1.18. The van der Waals surface area contributed by atoms with Crippen molar-refractivity contribution in [1.29, 1.82) is 0 Å². The van der Waals surface area contributed by atoms with Crippen LogP contribution >= 0.6 is 11.6 Å². The minimum absolute atomic E-state index is 0.00584. The smallest absolute Gasteiger partial charge is 0.162 e. The van der Waals surface area contributed by atoms with Gasteiger partial charge in [-0.1, -0.05) is 11.6 Å². The summed E-state index contributed by atoms with van der Waals surface area (Å²) >= 11 is 5.89. The topological polar surface area (TPSA) is 45.1 Å². The van der Waals surface area contributed by atoms with Crippen LogP contribution in [0.5, 0.6) is 11.5 Å². The van der Waals surface area contributed by atoms with Crippen molar-refractivity contribution in [2.45, 2.75) is 0 Å². The summed E-state index contributed by atoms with van der Waals surface area (Å²) in [5.41, 5.74) is 0.556. The maximum Gasteiger partial charge on any atom is 0.162 e. The average molecular weight is 229 g/mol. The highest BCUT2D eigenvalue weighted by Crippen LogP contribution is 2.36. The van der Waals surface area contributed by atoms with E-state index in [-0.39, 0.29) is 5.75 Å². The molecule has 15 heavy (non-hydrogen) atoms. The van der Waals surface area contributed by atoms with Crippen molar-refractivity contribution in [1.82, 2.24) is 4.90 Å². The predicted octanol–water partition coefficient (Wildman–Crippen LogP) is 2.28. The first-order valence-electron chi connectivity index (χ1n) is 4.31. The Morgan fingerprint density at radius 2 is 2.13 bits per heavy atom. The zero-order valence-electron chi connectivity index (χ0n) is 8.86. The summed E-state index contributed by atoms with van der Waals surface area (Å²) in [6.07, 6.45) is 1.62. The molecule has 1 aromatic carbocycles. The molecule has 0 spiro atoms. The largest absolute Gasteiger partial charge is 0.504 e. The Balaban J connectivity index is 3.07. The van der Waals surface area contributed by atoms with Gasteiger partial charge in [0.05, 0.1) is 24.2 Å². The molecule has 1 aromatic rings. The fraction of sp³-hybridized carbons (Fsp3) is 0.300. The Hall–Kier alpha value is -1.42. The standard InChI is InChI=1S/C10H13ClN2O2/c1-13(2)6-12-8-5-10(15-3)9(14)4-7(8)11/h4-6,14H,1-3H3. The summed E-state index contributed by atoms with van der Waals surface area (Å²) in [7, 11) is 5.19. The van der Waals surface area contributed by atoms with Gasteiger partial charge < -0.3 is 14.7 Å². The van der Waals surface area contributed by atoms with E-state index in [1.54, 1.807) is 17.3 Å². The van der Waals surface area contributed by atoms with Gasteiger partial charge in [-0.2, -0.15) is 0 Å². The normalized spacial score (nSPS) is 10.7. The van der Waals surface area contributed by atoms with E-state index >= 15 is 0 Å². The van der Waals surface area contributed by atoms with Gasteiger partial charge in [-0.3, -0.25) is 0 Å². The molecule has 0 aliphatic heterocycles. The minimum atomic E-state index is 0.00584. The molecule has 0 bridgehead atoms. The van der Waals surface area contributed by atoms with Crippen molar-refractivity contribution in [3.05, 3.63) is 17.2 Å². The molecule has 0 aliphatic carbocycles. The van der Waals surface area contributed by atoms with Crippen molar-refractivity contribution in [2.24, 2.45) is 4.99 Å². The highest BCUT2D eigenvalue weighted by Gasteiger charge is 2.06. The summed E-state index contributed by atoms with van der Waals surface area (Å²) in [6.45, 7) is 0. The maximum absolute atomic E-state index is 9.42. The van der Waals surface area contributed by atoms with Gasteiger partial charge in [0.15, 0.2) is 11.5 Å². The number of methoxy groups -OCH3 is 1. The van der Waals surface area contributed by atoms with Crippen molar-refractivity contribution < 1.29 is 9.84 Å². The second kappa shape index (κ2) is 4.89. The lowest BCUT2D eigenvalue weighted by molar-refractivity contribution is 0.373. The first kappa shape index (κ1) is 11.7. The van der Waals surface area contributed by atoms with E-state index in [1.165, 1.54) is 13.2 Å². The van der Waals surface area contributed by atoms with Gasteiger partial charge in [0.25, 0.3) is 0 Å². The van der Waals surface area contributed by atoms with Gasteiger partial charge in [0.1, 0.15) is 0 Å². The summed E-state index contributed by atoms with van der Waals surface area (Å²) in [6, 6.07) is 2.99. The van der Waals surface area contributed by atoms with E-state index in [4.69, 9.17) is 16.3 Å². The summed E-state index contributed by atoms with van der Waals surface area (Å²) in [5.74, 6) is 0.358. The highest BCUT2D eigenvalue weighted by atomic mass is 35.5. The first-order valence-corrected chi connectivity index (χ1v) is 4.69. The molecule has 0 unspecified atom stereocenters. The molecule has 0 aromatic heterocycles. The number of nitrogens with zero attached hydrogens (tertiary/aromatic N) is 2. The van der Waals surface area contributed by atoms with Crippen LogP contribution in [0.2, 0.25) is 5.02 Å². The Morgan fingerprint density at radius 1 is 1.47 bits per heavy atom. The summed E-state index contributed by atoms with van der Waals surface area (Å²) < 4.78 is 4.95. The van der Waals surface area contributed by atoms with Gasteiger partial charge >= 0.3 is 0 Å². The van der Waals surface area contributed by atoms with E-state index in [0.29, 0.717) is 16.5 Å². The molecule has 5 heteroatoms. The number of hydrogen-bond donors (Lipinski definition) is 1. The second-order valence-electron chi connectivity index (χ2n) is 3.18. The number of hydrogen-bond acceptors (Lipinski definition) is 3. The molecule has 1 rings (SSSR count). The number of phenols is 1. The van der Waals surface area contributed by atoms with Gasteiger partial charge in [-0.25, -0.2) is 4.99 Å². The van der Waals surface area contributed by atoms with Gasteiger partial charge in [0.2, 0.25) is 0 Å². The van der Waals surface area contributed by atoms with Crippen LogP contribution in [0.1, 0.15) is 0 Å². The van der Waals surface area contributed by atoms with E-state index in [0.717, 1.165) is 0 Å². The average Bonchev–Trinajstić information content (AvgIpc) is 2.16. The van der Waals surface area contributed by atoms with Crippen LogP contribution in [-0.4, -0.2) is 37.6 Å². The van der Waals surface area contributed by atoms with Gasteiger partial charge in [-0.15, -0.1) is 0 Å². The number of ether oxygens (including phenoxy) is 1. The molecule has 0 heterocycles. The monoisotopic (exact) mass is 228 g/mol. The number of aliphatic imine (C=N–C) groups is 1. The molecule has 0 fully saturated rings. The Labute approximate surface area is 93.8 Å². The predicted molar refractivity (Wildman–Crippen MR) is 61.5 cm³/mol. The Bertz CT molecular complexity index is 378. The lowest BCUT2D eigenvalue weighted by Gasteiger charge is -2.07. The van der Waals surface area contributed by atoms with Crippen LogP contribution in [0.25, 0.3) is 0 Å². The molecule has 4 nitrogen and oxygen atoms in total. The molecule has 0 saturated carbocycles. The summed E-state index contributed by atoms with van der Waals surface area (Å²) in [4.78, 5) is 5.92. The molecule has 1 N–H and O–H groups in total. The van der Waals surface area contributed by atoms with Crippen molar-refractivity contribution in [3.8, 4) is 11.5 Å². The van der Waals surface area contributed by atoms with Crippen LogP contribution in [0.15, 0.2) is 17.1 Å². The highest BCUT2D eigenvalue weighted by molar-refractivity contribution is 6.33. The zero-order chi connectivity index (χ0) is 11.4. The van der Waals surface area contributed by atoms with E-state index in [9.17, 15) is 5.11 Å². The first-order chi connectivity index (χ1) is 7.04. The summed E-state index contributed by atoms with van der Waals surface area (Å²) in [5, 5.41) is 9.80. The molecule has 82 valence electrons. The lowest BCUT2D eigenvalue weighted by atomic mass is 10.3. The fourth-order valence-electron chi connectivity index (χ4n) is 0.972. The Kier molecular flexibility index (Phi) is 3.80. The van der Waals surface area contributed by atoms with E-state index in [2.05, 4.69) is 4.99 Å². The number of rotatable bonds is 3. The molecule has 0 amide bonds. The zero-order valence-corrected chi connectivity index (χ0v) is 9.62. The van der Waals surface area contributed by atoms with Gasteiger partial charge in [0, 0.05) is 26.2 Å². The molecule has 0 radical (unpaired) electrons. The van der Waals surface area contributed by atoms with Crippen LogP contribution in [-0.2, 0) is 0 Å². The Morgan fingerprint density at radius 3 is 2.67 bits per heavy atom. The molecular weight excluding hydrogens is 216 g/mol. The van der Waals surface area contributed by atoms with Crippen LogP contribution in [0, 0.1) is 0 Å². The van der Waals surface area contributed by atoms with Crippen molar-refractivity contribution in [2.75, 3.05) is 21.2 Å².